The first-order valence-corrected chi connectivity index (χ1v) is 10.6. The fourth-order valence-electron chi connectivity index (χ4n) is 3.37. The number of carbonyl (C=O) groups excluding carboxylic acids is 3. The summed E-state index contributed by atoms with van der Waals surface area (Å²) in [6, 6.07) is 14.0. The lowest BCUT2D eigenvalue weighted by Gasteiger charge is -2.20. The van der Waals surface area contributed by atoms with Gasteiger partial charge in [-0.2, -0.15) is 0 Å². The van der Waals surface area contributed by atoms with Gasteiger partial charge in [-0.1, -0.05) is 6.07 Å². The predicted molar refractivity (Wildman–Crippen MR) is 122 cm³/mol. The van der Waals surface area contributed by atoms with Crippen molar-refractivity contribution in [1.29, 1.82) is 0 Å². The van der Waals surface area contributed by atoms with Gasteiger partial charge >= 0.3 is 0 Å². The fourth-order valence-corrected chi connectivity index (χ4v) is 3.37. The molecule has 0 bridgehead atoms. The van der Waals surface area contributed by atoms with Crippen LogP contribution in [0.25, 0.3) is 0 Å². The van der Waals surface area contributed by atoms with E-state index >= 15 is 0 Å². The van der Waals surface area contributed by atoms with Crippen molar-refractivity contribution in [3.63, 3.8) is 0 Å². The Morgan fingerprint density at radius 1 is 0.903 bits per heavy atom. The van der Waals surface area contributed by atoms with E-state index in [2.05, 4.69) is 16.0 Å². The highest BCUT2D eigenvalue weighted by Gasteiger charge is 2.19. The van der Waals surface area contributed by atoms with Gasteiger partial charge in [-0.3, -0.25) is 14.4 Å². The number of rotatable bonds is 6. The third kappa shape index (κ3) is 6.57. The number of carbonyl (C=O) groups is 3. The molecular weight excluding hydrogens is 392 g/mol. The molecule has 1 aliphatic heterocycles. The minimum absolute atomic E-state index is 0.00214. The van der Waals surface area contributed by atoms with E-state index in [-0.39, 0.29) is 29.8 Å². The zero-order valence-electron chi connectivity index (χ0n) is 18.3. The van der Waals surface area contributed by atoms with Gasteiger partial charge < -0.3 is 20.9 Å². The van der Waals surface area contributed by atoms with E-state index in [4.69, 9.17) is 0 Å². The zero-order chi connectivity index (χ0) is 22.4. The summed E-state index contributed by atoms with van der Waals surface area (Å²) >= 11 is 0. The molecule has 1 heterocycles. The standard InChI is InChI=1S/C24H30N4O3/c1-24(2,3)27-22(30)17-9-11-19(12-10-17)25-16-21(29)26-20-8-6-7-18(15-20)23(31)28-13-4-5-14-28/h6-12,15,25H,4-5,13-14,16H2,1-3H3,(H,26,29)(H,27,30). The molecule has 0 aliphatic carbocycles. The molecule has 0 spiro atoms. The Morgan fingerprint density at radius 2 is 1.58 bits per heavy atom. The number of benzene rings is 2. The van der Waals surface area contributed by atoms with E-state index in [9.17, 15) is 14.4 Å². The van der Waals surface area contributed by atoms with Gasteiger partial charge in [0.15, 0.2) is 0 Å². The van der Waals surface area contributed by atoms with E-state index in [1.807, 2.05) is 25.7 Å². The highest BCUT2D eigenvalue weighted by atomic mass is 16.2. The topological polar surface area (TPSA) is 90.5 Å². The lowest BCUT2D eigenvalue weighted by molar-refractivity contribution is -0.114. The molecule has 2 aromatic rings. The minimum atomic E-state index is -0.303. The van der Waals surface area contributed by atoms with Crippen LogP contribution in [0.15, 0.2) is 48.5 Å². The molecule has 0 atom stereocenters. The number of likely N-dealkylation sites (tertiary alicyclic amines) is 1. The molecule has 3 amide bonds. The molecule has 7 heteroatoms. The average Bonchev–Trinajstić information content (AvgIpc) is 3.26. The summed E-state index contributed by atoms with van der Waals surface area (Å²) < 4.78 is 0. The Kier molecular flexibility index (Phi) is 6.95. The van der Waals surface area contributed by atoms with E-state index in [1.165, 1.54) is 0 Å². The number of hydrogen-bond acceptors (Lipinski definition) is 4. The Bertz CT molecular complexity index is 942. The lowest BCUT2D eigenvalue weighted by atomic mass is 10.1. The molecule has 1 fully saturated rings. The van der Waals surface area contributed by atoms with Gasteiger partial charge in [0, 0.05) is 41.1 Å². The van der Waals surface area contributed by atoms with Gasteiger partial charge in [0.2, 0.25) is 5.91 Å². The molecule has 164 valence electrons. The zero-order valence-corrected chi connectivity index (χ0v) is 18.3. The number of nitrogens with one attached hydrogen (secondary N) is 3. The van der Waals surface area contributed by atoms with Crippen molar-refractivity contribution >= 4 is 29.1 Å². The summed E-state index contributed by atoms with van der Waals surface area (Å²) in [5.74, 6) is -0.359. The van der Waals surface area contributed by atoms with Crippen LogP contribution < -0.4 is 16.0 Å². The summed E-state index contributed by atoms with van der Waals surface area (Å²) in [6.45, 7) is 7.43. The molecule has 0 aromatic heterocycles. The molecule has 31 heavy (non-hydrogen) atoms. The Labute approximate surface area is 183 Å². The lowest BCUT2D eigenvalue weighted by Crippen LogP contribution is -2.40. The van der Waals surface area contributed by atoms with Gasteiger partial charge in [0.1, 0.15) is 0 Å². The van der Waals surface area contributed by atoms with E-state index < -0.39 is 0 Å². The number of anilines is 2. The summed E-state index contributed by atoms with van der Waals surface area (Å²) in [7, 11) is 0. The molecule has 2 aromatic carbocycles. The van der Waals surface area contributed by atoms with Crippen LogP contribution in [-0.4, -0.2) is 47.8 Å². The summed E-state index contributed by atoms with van der Waals surface area (Å²) in [5, 5.41) is 8.77. The van der Waals surface area contributed by atoms with Crippen molar-refractivity contribution < 1.29 is 14.4 Å². The van der Waals surface area contributed by atoms with Crippen LogP contribution in [0.3, 0.4) is 0 Å². The summed E-state index contributed by atoms with van der Waals surface area (Å²) in [5.41, 5.74) is 2.16. The van der Waals surface area contributed by atoms with Crippen molar-refractivity contribution in [3.05, 3.63) is 59.7 Å². The fraction of sp³-hybridized carbons (Fsp3) is 0.375. The van der Waals surface area contributed by atoms with Crippen molar-refractivity contribution in [2.45, 2.75) is 39.2 Å². The van der Waals surface area contributed by atoms with Crippen LogP contribution in [0, 0.1) is 0 Å². The third-order valence-electron chi connectivity index (χ3n) is 4.88. The molecule has 1 saturated heterocycles. The maximum absolute atomic E-state index is 12.5. The first-order valence-electron chi connectivity index (χ1n) is 10.6. The smallest absolute Gasteiger partial charge is 0.253 e. The minimum Gasteiger partial charge on any atom is -0.376 e. The second kappa shape index (κ2) is 9.64. The maximum Gasteiger partial charge on any atom is 0.253 e. The molecule has 0 unspecified atom stereocenters. The van der Waals surface area contributed by atoms with Crippen molar-refractivity contribution in [2.24, 2.45) is 0 Å². The Balaban J connectivity index is 1.52. The molecule has 0 radical (unpaired) electrons. The normalized spacial score (nSPS) is 13.6. The second-order valence-electron chi connectivity index (χ2n) is 8.76. The Morgan fingerprint density at radius 3 is 2.23 bits per heavy atom. The highest BCUT2D eigenvalue weighted by Crippen LogP contribution is 2.17. The van der Waals surface area contributed by atoms with Crippen molar-refractivity contribution in [1.82, 2.24) is 10.2 Å². The van der Waals surface area contributed by atoms with E-state index in [0.29, 0.717) is 16.8 Å². The molecule has 3 N–H and O–H groups in total. The van der Waals surface area contributed by atoms with Crippen LogP contribution in [0.5, 0.6) is 0 Å². The summed E-state index contributed by atoms with van der Waals surface area (Å²) in [6.07, 6.45) is 2.08. The van der Waals surface area contributed by atoms with Crippen molar-refractivity contribution in [2.75, 3.05) is 30.3 Å². The molecule has 0 saturated carbocycles. The third-order valence-corrected chi connectivity index (χ3v) is 4.88. The average molecular weight is 423 g/mol. The second-order valence-corrected chi connectivity index (χ2v) is 8.76. The van der Waals surface area contributed by atoms with Crippen LogP contribution >= 0.6 is 0 Å². The molecule has 3 rings (SSSR count). The quantitative estimate of drug-likeness (QED) is 0.665. The SMILES string of the molecule is CC(C)(C)NC(=O)c1ccc(NCC(=O)Nc2cccc(C(=O)N3CCCC3)c2)cc1. The van der Waals surface area contributed by atoms with Crippen LogP contribution in [-0.2, 0) is 4.79 Å². The van der Waals surface area contributed by atoms with Crippen LogP contribution in [0.2, 0.25) is 0 Å². The van der Waals surface area contributed by atoms with Gasteiger partial charge in [-0.05, 0) is 76.1 Å². The predicted octanol–water partition coefficient (Wildman–Crippen LogP) is 3.50. The Hall–Kier alpha value is -3.35. The molecule has 7 nitrogen and oxygen atoms in total. The first-order chi connectivity index (χ1) is 14.7. The van der Waals surface area contributed by atoms with Gasteiger partial charge in [-0.25, -0.2) is 0 Å². The van der Waals surface area contributed by atoms with E-state index in [0.717, 1.165) is 31.6 Å². The highest BCUT2D eigenvalue weighted by molar-refractivity contribution is 5.98. The largest absolute Gasteiger partial charge is 0.376 e. The first kappa shape index (κ1) is 22.3. The summed E-state index contributed by atoms with van der Waals surface area (Å²) in [4.78, 5) is 38.9. The number of hydrogen-bond donors (Lipinski definition) is 3. The maximum atomic E-state index is 12.5. The molecule has 1 aliphatic rings. The van der Waals surface area contributed by atoms with Gasteiger partial charge in [0.25, 0.3) is 11.8 Å². The number of nitrogens with zero attached hydrogens (tertiary/aromatic N) is 1. The van der Waals surface area contributed by atoms with Gasteiger partial charge in [0.05, 0.1) is 6.54 Å². The van der Waals surface area contributed by atoms with Crippen LogP contribution in [0.1, 0.15) is 54.3 Å². The van der Waals surface area contributed by atoms with E-state index in [1.54, 1.807) is 48.5 Å². The molecular formula is C24H30N4O3. The van der Waals surface area contributed by atoms with Gasteiger partial charge in [-0.15, -0.1) is 0 Å². The number of amides is 3. The van der Waals surface area contributed by atoms with Crippen molar-refractivity contribution in [3.8, 4) is 0 Å². The van der Waals surface area contributed by atoms with Crippen LogP contribution in [0.4, 0.5) is 11.4 Å². The monoisotopic (exact) mass is 422 g/mol.